The molecule has 0 radical (unpaired) electrons. The number of ether oxygens (including phenoxy) is 1. The van der Waals surface area contributed by atoms with Crippen LogP contribution in [0.4, 0.5) is 10.5 Å². The molecular weight excluding hydrogens is 308 g/mol. The molecule has 7 heteroatoms. The van der Waals surface area contributed by atoms with Gasteiger partial charge < -0.3 is 15.0 Å². The van der Waals surface area contributed by atoms with E-state index in [2.05, 4.69) is 10.2 Å². The molecule has 0 saturated carbocycles. The molecule has 1 aromatic rings. The third-order valence-corrected chi connectivity index (χ3v) is 4.35. The van der Waals surface area contributed by atoms with E-state index in [4.69, 9.17) is 4.74 Å². The number of urea groups is 1. The van der Waals surface area contributed by atoms with E-state index in [0.29, 0.717) is 19.6 Å². The Hall–Kier alpha value is -2.12. The Bertz CT molecular complexity index is 560. The molecule has 130 valence electrons. The third kappa shape index (κ3) is 4.24. The van der Waals surface area contributed by atoms with Crippen LogP contribution in [0.25, 0.3) is 0 Å². The summed E-state index contributed by atoms with van der Waals surface area (Å²) in [6, 6.07) is 9.44. The van der Waals surface area contributed by atoms with Gasteiger partial charge in [0.05, 0.1) is 13.2 Å². The number of nitrogens with one attached hydrogen (secondary N) is 1. The number of para-hydroxylation sites is 1. The largest absolute Gasteiger partial charge is 0.379 e. The minimum atomic E-state index is -0.107. The third-order valence-electron chi connectivity index (χ3n) is 4.35. The van der Waals surface area contributed by atoms with E-state index in [9.17, 15) is 9.59 Å². The quantitative estimate of drug-likeness (QED) is 0.818. The van der Waals surface area contributed by atoms with E-state index in [0.717, 1.165) is 38.5 Å². The van der Waals surface area contributed by atoms with Crippen molar-refractivity contribution in [1.29, 1.82) is 0 Å². The minimum Gasteiger partial charge on any atom is -0.379 e. The molecule has 1 aromatic carbocycles. The maximum atomic E-state index is 12.4. The first-order valence-electron chi connectivity index (χ1n) is 8.42. The zero-order chi connectivity index (χ0) is 16.8. The van der Waals surface area contributed by atoms with Gasteiger partial charge in [0.25, 0.3) is 0 Å². The molecule has 24 heavy (non-hydrogen) atoms. The van der Waals surface area contributed by atoms with Crippen molar-refractivity contribution in [3.63, 3.8) is 0 Å². The molecule has 3 rings (SSSR count). The first kappa shape index (κ1) is 16.7. The van der Waals surface area contributed by atoms with Crippen molar-refractivity contribution < 1.29 is 14.3 Å². The van der Waals surface area contributed by atoms with Gasteiger partial charge in [-0.2, -0.15) is 0 Å². The summed E-state index contributed by atoms with van der Waals surface area (Å²) in [6.07, 6.45) is 0. The van der Waals surface area contributed by atoms with Crippen molar-refractivity contribution in [2.45, 2.75) is 0 Å². The van der Waals surface area contributed by atoms with Gasteiger partial charge in [0.1, 0.15) is 6.54 Å². The van der Waals surface area contributed by atoms with Crippen LogP contribution in [0.5, 0.6) is 0 Å². The van der Waals surface area contributed by atoms with E-state index in [1.54, 1.807) is 9.80 Å². The zero-order valence-electron chi connectivity index (χ0n) is 13.8. The highest BCUT2D eigenvalue weighted by Gasteiger charge is 2.30. The number of carbonyl (C=O) groups excluding carboxylic acids is 2. The van der Waals surface area contributed by atoms with E-state index in [-0.39, 0.29) is 18.5 Å². The maximum absolute atomic E-state index is 12.4. The smallest absolute Gasteiger partial charge is 0.325 e. The number of morpholine rings is 1. The maximum Gasteiger partial charge on any atom is 0.325 e. The van der Waals surface area contributed by atoms with Gasteiger partial charge in [-0.1, -0.05) is 18.2 Å². The first-order valence-corrected chi connectivity index (χ1v) is 8.42. The lowest BCUT2D eigenvalue weighted by Gasteiger charge is -2.26. The predicted molar refractivity (Wildman–Crippen MR) is 91.0 cm³/mol. The van der Waals surface area contributed by atoms with Gasteiger partial charge in [-0.15, -0.1) is 0 Å². The standard InChI is InChI=1S/C17H24N4O3/c22-16(18-6-7-19-10-12-24-13-11-19)14-20-8-9-21(17(20)23)15-4-2-1-3-5-15/h1-5H,6-14H2,(H,18,22). The lowest BCUT2D eigenvalue weighted by Crippen LogP contribution is -2.44. The second-order valence-corrected chi connectivity index (χ2v) is 6.00. The van der Waals surface area contributed by atoms with E-state index < -0.39 is 0 Å². The fourth-order valence-corrected chi connectivity index (χ4v) is 2.98. The number of hydrogen-bond acceptors (Lipinski definition) is 4. The molecule has 0 aliphatic carbocycles. The van der Waals surface area contributed by atoms with Crippen LogP contribution in [0.15, 0.2) is 30.3 Å². The molecule has 0 unspecified atom stereocenters. The average molecular weight is 332 g/mol. The number of hydrogen-bond donors (Lipinski definition) is 1. The van der Waals surface area contributed by atoms with Crippen LogP contribution < -0.4 is 10.2 Å². The van der Waals surface area contributed by atoms with Crippen molar-refractivity contribution in [3.05, 3.63) is 30.3 Å². The number of nitrogens with zero attached hydrogens (tertiary/aromatic N) is 3. The first-order chi connectivity index (χ1) is 11.7. The van der Waals surface area contributed by atoms with Crippen LogP contribution >= 0.6 is 0 Å². The van der Waals surface area contributed by atoms with E-state index in [1.165, 1.54) is 0 Å². The van der Waals surface area contributed by atoms with Gasteiger partial charge in [-0.05, 0) is 12.1 Å². The molecule has 7 nitrogen and oxygen atoms in total. The molecular formula is C17H24N4O3. The fourth-order valence-electron chi connectivity index (χ4n) is 2.98. The summed E-state index contributed by atoms with van der Waals surface area (Å²) in [4.78, 5) is 30.0. The van der Waals surface area contributed by atoms with Crippen LogP contribution in [-0.4, -0.2) is 80.8 Å². The molecule has 0 spiro atoms. The van der Waals surface area contributed by atoms with Gasteiger partial charge >= 0.3 is 6.03 Å². The number of benzene rings is 1. The van der Waals surface area contributed by atoms with Crippen LogP contribution in [0, 0.1) is 0 Å². The predicted octanol–water partition coefficient (Wildman–Crippen LogP) is 0.377. The molecule has 2 aliphatic rings. The summed E-state index contributed by atoms with van der Waals surface area (Å²) in [5.74, 6) is -0.105. The summed E-state index contributed by atoms with van der Waals surface area (Å²) in [6.45, 7) is 6.05. The summed E-state index contributed by atoms with van der Waals surface area (Å²) >= 11 is 0. The number of anilines is 1. The van der Waals surface area contributed by atoms with E-state index in [1.807, 2.05) is 30.3 Å². The fraction of sp³-hybridized carbons (Fsp3) is 0.529. The molecule has 0 atom stereocenters. The molecule has 0 aromatic heterocycles. The Labute approximate surface area is 142 Å². The highest BCUT2D eigenvalue weighted by Crippen LogP contribution is 2.19. The molecule has 3 amide bonds. The zero-order valence-corrected chi connectivity index (χ0v) is 13.8. The highest BCUT2D eigenvalue weighted by molar-refractivity contribution is 5.96. The number of amides is 3. The van der Waals surface area contributed by atoms with Gasteiger partial charge in [0, 0.05) is 45.0 Å². The van der Waals surface area contributed by atoms with Crippen molar-refractivity contribution in [2.24, 2.45) is 0 Å². The Balaban J connectivity index is 1.41. The average Bonchev–Trinajstić information content (AvgIpc) is 2.97. The molecule has 2 saturated heterocycles. The van der Waals surface area contributed by atoms with Crippen molar-refractivity contribution in [1.82, 2.24) is 15.1 Å². The Morgan fingerprint density at radius 1 is 1.08 bits per heavy atom. The highest BCUT2D eigenvalue weighted by atomic mass is 16.5. The second-order valence-electron chi connectivity index (χ2n) is 6.00. The van der Waals surface area contributed by atoms with E-state index >= 15 is 0 Å². The topological polar surface area (TPSA) is 65.1 Å². The lowest BCUT2D eigenvalue weighted by atomic mass is 10.3. The van der Waals surface area contributed by atoms with Gasteiger partial charge in [0.15, 0.2) is 0 Å². The number of rotatable bonds is 6. The van der Waals surface area contributed by atoms with Crippen LogP contribution in [0.1, 0.15) is 0 Å². The van der Waals surface area contributed by atoms with Gasteiger partial charge in [-0.3, -0.25) is 14.6 Å². The van der Waals surface area contributed by atoms with Crippen LogP contribution in [0.2, 0.25) is 0 Å². The lowest BCUT2D eigenvalue weighted by molar-refractivity contribution is -0.121. The number of carbonyl (C=O) groups is 2. The van der Waals surface area contributed by atoms with Crippen molar-refractivity contribution >= 4 is 17.6 Å². The van der Waals surface area contributed by atoms with Crippen LogP contribution in [0.3, 0.4) is 0 Å². The van der Waals surface area contributed by atoms with Gasteiger partial charge in [0.2, 0.25) is 5.91 Å². The molecule has 2 fully saturated rings. The second kappa shape index (κ2) is 8.12. The summed E-state index contributed by atoms with van der Waals surface area (Å²) in [5.41, 5.74) is 0.873. The molecule has 2 aliphatic heterocycles. The monoisotopic (exact) mass is 332 g/mol. The Morgan fingerprint density at radius 2 is 1.83 bits per heavy atom. The Morgan fingerprint density at radius 3 is 2.58 bits per heavy atom. The molecule has 0 bridgehead atoms. The summed E-state index contributed by atoms with van der Waals surface area (Å²) in [5, 5.41) is 2.90. The summed E-state index contributed by atoms with van der Waals surface area (Å²) in [7, 11) is 0. The van der Waals surface area contributed by atoms with Crippen LogP contribution in [-0.2, 0) is 9.53 Å². The van der Waals surface area contributed by atoms with Crippen molar-refractivity contribution in [3.8, 4) is 0 Å². The van der Waals surface area contributed by atoms with Crippen molar-refractivity contribution in [2.75, 3.05) is 63.9 Å². The Kier molecular flexibility index (Phi) is 5.66. The normalized spacial score (nSPS) is 18.9. The SMILES string of the molecule is O=C(CN1CCN(c2ccccc2)C1=O)NCCN1CCOCC1. The molecule has 1 N–H and O–H groups in total. The molecule has 2 heterocycles. The minimum absolute atomic E-state index is 0.105. The van der Waals surface area contributed by atoms with Gasteiger partial charge in [-0.25, -0.2) is 4.79 Å². The summed E-state index contributed by atoms with van der Waals surface area (Å²) < 4.78 is 5.30.